The van der Waals surface area contributed by atoms with Crippen molar-refractivity contribution in [3.05, 3.63) is 88.2 Å². The zero-order chi connectivity index (χ0) is 23.8. The summed E-state index contributed by atoms with van der Waals surface area (Å²) in [6, 6.07) is 6.37. The number of halogens is 1. The lowest BCUT2D eigenvalue weighted by Crippen LogP contribution is -2.43. The van der Waals surface area contributed by atoms with E-state index in [1.165, 1.54) is 0 Å². The molecule has 0 aromatic heterocycles. The number of nitrogens with zero attached hydrogens (tertiary/aromatic N) is 1. The van der Waals surface area contributed by atoms with Gasteiger partial charge in [0, 0.05) is 23.3 Å². The largest absolute Gasteiger partial charge is 0.317 e. The molecule has 3 nitrogen and oxygen atoms in total. The van der Waals surface area contributed by atoms with Gasteiger partial charge in [0.15, 0.2) is 5.78 Å². The monoisotopic (exact) mass is 460 g/mol. The normalized spacial score (nSPS) is 22.9. The van der Waals surface area contributed by atoms with Crippen molar-refractivity contribution in [1.82, 2.24) is 5.32 Å². The molecule has 4 heteroatoms. The van der Waals surface area contributed by atoms with Crippen LogP contribution in [-0.4, -0.2) is 25.1 Å². The van der Waals surface area contributed by atoms with E-state index < -0.39 is 5.41 Å². The summed E-state index contributed by atoms with van der Waals surface area (Å²) >= 11 is 6.84. The first-order chi connectivity index (χ1) is 15.8. The third-order valence-electron chi connectivity index (χ3n) is 7.06. The van der Waals surface area contributed by atoms with E-state index in [-0.39, 0.29) is 11.7 Å². The molecule has 0 bridgehead atoms. The van der Waals surface area contributed by atoms with E-state index in [0.29, 0.717) is 16.5 Å². The van der Waals surface area contributed by atoms with E-state index in [1.807, 2.05) is 6.92 Å². The summed E-state index contributed by atoms with van der Waals surface area (Å²) in [7, 11) is 0. The summed E-state index contributed by atoms with van der Waals surface area (Å²) in [5.74, 6) is 0.657. The molecule has 0 radical (unpaired) electrons. The fourth-order valence-electron chi connectivity index (χ4n) is 5.24. The molecule has 1 fully saturated rings. The number of rotatable bonds is 5. The van der Waals surface area contributed by atoms with Crippen LogP contribution in [0.2, 0.25) is 0 Å². The molecule has 1 saturated heterocycles. The molecule has 1 heterocycles. The second-order valence-corrected chi connectivity index (χ2v) is 10.0. The molecule has 0 saturated carbocycles. The van der Waals surface area contributed by atoms with Crippen LogP contribution in [-0.2, 0) is 10.2 Å². The van der Waals surface area contributed by atoms with Gasteiger partial charge in [0.25, 0.3) is 0 Å². The first-order valence-electron chi connectivity index (χ1n) is 11.9. The van der Waals surface area contributed by atoms with Gasteiger partial charge in [0.1, 0.15) is 0 Å². The van der Waals surface area contributed by atoms with E-state index in [2.05, 4.69) is 73.7 Å². The minimum Gasteiger partial charge on any atom is -0.317 e. The predicted octanol–water partition coefficient (Wildman–Crippen LogP) is 6.63. The van der Waals surface area contributed by atoms with Crippen LogP contribution >= 0.6 is 11.6 Å². The standard InChI is InChI=1S/C29H33ClN2O/c1-6-32-26-17-23(19(4)27(30)22(26)9-7-8-18(2)3)21-10-11-25-24(16-21)20(5)28(33)29(25)12-14-31-15-13-29/h6-7,9-11,16-18,23,31H,4-5,8,12-15H2,1-3H3/b9-7+,32-6?. The Hall–Kier alpha value is -2.49. The van der Waals surface area contributed by atoms with Gasteiger partial charge in [-0.05, 0) is 79.6 Å². The fraction of sp³-hybridized carbons (Fsp3) is 0.379. The Morgan fingerprint density at radius 2 is 2.00 bits per heavy atom. The average Bonchev–Trinajstić information content (AvgIpc) is 3.00. The molecule has 1 spiro atoms. The van der Waals surface area contributed by atoms with Crippen molar-refractivity contribution in [2.45, 2.75) is 51.4 Å². The number of nitrogens with one attached hydrogen (secondary N) is 1. The molecule has 33 heavy (non-hydrogen) atoms. The van der Waals surface area contributed by atoms with Crippen LogP contribution in [0.25, 0.3) is 5.57 Å². The van der Waals surface area contributed by atoms with Gasteiger partial charge >= 0.3 is 0 Å². The summed E-state index contributed by atoms with van der Waals surface area (Å²) in [4.78, 5) is 17.9. The number of carbonyl (C=O) groups is 1. The van der Waals surface area contributed by atoms with Crippen molar-refractivity contribution >= 4 is 29.2 Å². The Balaban J connectivity index is 1.73. The van der Waals surface area contributed by atoms with Crippen LogP contribution in [0.4, 0.5) is 0 Å². The second-order valence-electron chi connectivity index (χ2n) is 9.65. The number of hydrogen-bond acceptors (Lipinski definition) is 3. The van der Waals surface area contributed by atoms with Crippen LogP contribution < -0.4 is 5.32 Å². The zero-order valence-electron chi connectivity index (χ0n) is 19.9. The van der Waals surface area contributed by atoms with Crippen LogP contribution in [0.3, 0.4) is 0 Å². The summed E-state index contributed by atoms with van der Waals surface area (Å²) < 4.78 is 0. The summed E-state index contributed by atoms with van der Waals surface area (Å²) in [5.41, 5.74) is 5.98. The Bertz CT molecular complexity index is 1130. The van der Waals surface area contributed by atoms with Crippen LogP contribution in [0.15, 0.2) is 76.5 Å². The van der Waals surface area contributed by atoms with Gasteiger partial charge in [-0.2, -0.15) is 0 Å². The highest BCUT2D eigenvalue weighted by Crippen LogP contribution is 2.49. The third kappa shape index (κ3) is 4.13. The number of Topliss-reactive ketones (excluding diaryl/α,β-unsaturated/α-hetero) is 1. The van der Waals surface area contributed by atoms with Gasteiger partial charge in [-0.25, -0.2) is 0 Å². The van der Waals surface area contributed by atoms with Crippen molar-refractivity contribution < 1.29 is 4.79 Å². The first-order valence-corrected chi connectivity index (χ1v) is 12.2. The van der Waals surface area contributed by atoms with E-state index in [4.69, 9.17) is 11.6 Å². The molecule has 3 aliphatic rings. The lowest BCUT2D eigenvalue weighted by molar-refractivity contribution is -0.119. The SMILES string of the molecule is C=C1C(=O)C2(CCNCC2)c2ccc(C3C=C(N=CC)C(/C=C/CC(C)C)=C(Cl)C3=C)cc21. The number of benzene rings is 1. The molecule has 1 N–H and O–H groups in total. The molecule has 2 aliphatic carbocycles. The number of piperidine rings is 1. The van der Waals surface area contributed by atoms with Gasteiger partial charge in [-0.15, -0.1) is 0 Å². The summed E-state index contributed by atoms with van der Waals surface area (Å²) in [5, 5.41) is 4.02. The van der Waals surface area contributed by atoms with Crippen molar-refractivity contribution in [3.8, 4) is 0 Å². The highest BCUT2D eigenvalue weighted by atomic mass is 35.5. The predicted molar refractivity (Wildman–Crippen MR) is 140 cm³/mol. The lowest BCUT2D eigenvalue weighted by Gasteiger charge is -2.33. The van der Waals surface area contributed by atoms with E-state index in [1.54, 1.807) is 6.21 Å². The van der Waals surface area contributed by atoms with Crippen molar-refractivity contribution in [3.63, 3.8) is 0 Å². The van der Waals surface area contributed by atoms with E-state index in [0.717, 1.165) is 65.9 Å². The lowest BCUT2D eigenvalue weighted by atomic mass is 9.73. The third-order valence-corrected chi connectivity index (χ3v) is 7.51. The van der Waals surface area contributed by atoms with Crippen molar-refractivity contribution in [1.29, 1.82) is 0 Å². The molecule has 172 valence electrons. The van der Waals surface area contributed by atoms with Crippen molar-refractivity contribution in [2.75, 3.05) is 13.1 Å². The first kappa shape index (κ1) is 23.7. The Morgan fingerprint density at radius 1 is 1.27 bits per heavy atom. The molecular formula is C29H33ClN2O. The number of carbonyl (C=O) groups excluding carboxylic acids is 1. The van der Waals surface area contributed by atoms with E-state index >= 15 is 0 Å². The maximum Gasteiger partial charge on any atom is 0.173 e. The van der Waals surface area contributed by atoms with E-state index in [9.17, 15) is 4.79 Å². The minimum atomic E-state index is -0.417. The molecule has 0 amide bonds. The minimum absolute atomic E-state index is 0.101. The summed E-state index contributed by atoms with van der Waals surface area (Å²) in [6.07, 6.45) is 10.8. The zero-order valence-corrected chi connectivity index (χ0v) is 20.6. The molecular weight excluding hydrogens is 428 g/mol. The second kappa shape index (κ2) is 9.40. The number of hydrogen-bond donors (Lipinski definition) is 1. The highest BCUT2D eigenvalue weighted by molar-refractivity contribution is 6.33. The van der Waals surface area contributed by atoms with Crippen LogP contribution in [0.1, 0.15) is 62.6 Å². The molecule has 1 aliphatic heterocycles. The molecule has 4 rings (SSSR count). The fourth-order valence-corrected chi connectivity index (χ4v) is 5.52. The molecule has 1 aromatic rings. The average molecular weight is 461 g/mol. The Kier molecular flexibility index (Phi) is 6.74. The Labute approximate surface area is 202 Å². The molecule has 1 unspecified atom stereocenters. The van der Waals surface area contributed by atoms with Gasteiger partial charge in [0.2, 0.25) is 0 Å². The maximum absolute atomic E-state index is 13.3. The van der Waals surface area contributed by atoms with Gasteiger partial charge in [-0.3, -0.25) is 9.79 Å². The summed E-state index contributed by atoms with van der Waals surface area (Å²) in [6.45, 7) is 16.5. The maximum atomic E-state index is 13.3. The number of allylic oxidation sites excluding steroid dienone is 6. The number of ketones is 1. The Morgan fingerprint density at radius 3 is 2.67 bits per heavy atom. The van der Waals surface area contributed by atoms with Gasteiger partial charge < -0.3 is 5.32 Å². The van der Waals surface area contributed by atoms with Gasteiger partial charge in [0.05, 0.1) is 16.1 Å². The van der Waals surface area contributed by atoms with Crippen LogP contribution in [0.5, 0.6) is 0 Å². The van der Waals surface area contributed by atoms with Gasteiger partial charge in [-0.1, -0.05) is 62.9 Å². The van der Waals surface area contributed by atoms with Crippen LogP contribution in [0, 0.1) is 5.92 Å². The number of fused-ring (bicyclic) bond motifs is 2. The smallest absolute Gasteiger partial charge is 0.173 e. The molecule has 1 atom stereocenters. The number of aliphatic imine (C=N–C) groups is 1. The van der Waals surface area contributed by atoms with Crippen molar-refractivity contribution in [2.24, 2.45) is 10.9 Å². The topological polar surface area (TPSA) is 41.5 Å². The molecule has 1 aromatic carbocycles. The quantitative estimate of drug-likeness (QED) is 0.396. The highest BCUT2D eigenvalue weighted by Gasteiger charge is 2.48.